The summed E-state index contributed by atoms with van der Waals surface area (Å²) in [6.45, 7) is 2.12. The Kier molecular flexibility index (Phi) is 5.15. The maximum absolute atomic E-state index is 11.5. The number of rotatable bonds is 5. The molecule has 0 bridgehead atoms. The Hall–Kier alpha value is -1.64. The third-order valence-corrected chi connectivity index (χ3v) is 1.98. The first-order valence-electron chi connectivity index (χ1n) is 5.21. The molecule has 0 aliphatic carbocycles. The van der Waals surface area contributed by atoms with E-state index in [1.54, 1.807) is 18.3 Å². The summed E-state index contributed by atoms with van der Waals surface area (Å²) in [6.07, 6.45) is 4.89. The van der Waals surface area contributed by atoms with Crippen LogP contribution in [0.3, 0.4) is 0 Å². The van der Waals surface area contributed by atoms with E-state index in [4.69, 9.17) is 0 Å². The van der Waals surface area contributed by atoms with Crippen molar-refractivity contribution in [1.29, 1.82) is 0 Å². The number of benzene rings is 1. The number of hydrazone groups is 1. The number of nitrogens with one attached hydrogen (secondary N) is 1. The quantitative estimate of drug-likeness (QED) is 0.447. The van der Waals surface area contributed by atoms with Crippen molar-refractivity contribution in [2.24, 2.45) is 5.10 Å². The van der Waals surface area contributed by atoms with Crippen LogP contribution >= 0.6 is 0 Å². The lowest BCUT2D eigenvalue weighted by molar-refractivity contribution is 0.0955. The van der Waals surface area contributed by atoms with Crippen LogP contribution in [0.15, 0.2) is 35.4 Å². The zero-order valence-corrected chi connectivity index (χ0v) is 8.94. The molecule has 0 spiro atoms. The molecule has 15 heavy (non-hydrogen) atoms. The van der Waals surface area contributed by atoms with Crippen LogP contribution in [0.5, 0.6) is 0 Å². The fourth-order valence-corrected chi connectivity index (χ4v) is 1.12. The van der Waals surface area contributed by atoms with E-state index in [0.29, 0.717) is 5.56 Å². The van der Waals surface area contributed by atoms with Gasteiger partial charge in [0.25, 0.3) is 5.91 Å². The first-order chi connectivity index (χ1) is 7.34. The van der Waals surface area contributed by atoms with E-state index < -0.39 is 0 Å². The molecule has 0 heterocycles. The van der Waals surface area contributed by atoms with E-state index in [1.807, 2.05) is 18.2 Å². The van der Waals surface area contributed by atoms with Gasteiger partial charge in [-0.1, -0.05) is 31.5 Å². The summed E-state index contributed by atoms with van der Waals surface area (Å²) in [6, 6.07) is 9.06. The van der Waals surface area contributed by atoms with Gasteiger partial charge in [0.1, 0.15) is 0 Å². The molecular formula is C12H16N2O. The van der Waals surface area contributed by atoms with Gasteiger partial charge < -0.3 is 0 Å². The number of hydrogen-bond donors (Lipinski definition) is 1. The van der Waals surface area contributed by atoms with Crippen molar-refractivity contribution in [2.45, 2.75) is 26.2 Å². The highest BCUT2D eigenvalue weighted by molar-refractivity contribution is 5.94. The molecule has 1 aromatic carbocycles. The Morgan fingerprint density at radius 1 is 1.40 bits per heavy atom. The summed E-state index contributed by atoms with van der Waals surface area (Å²) in [5.41, 5.74) is 3.12. The summed E-state index contributed by atoms with van der Waals surface area (Å²) < 4.78 is 0. The molecular weight excluding hydrogens is 188 g/mol. The molecule has 0 aliphatic rings. The van der Waals surface area contributed by atoms with Crippen molar-refractivity contribution in [3.8, 4) is 0 Å². The van der Waals surface area contributed by atoms with Crippen LogP contribution in [0.2, 0.25) is 0 Å². The lowest BCUT2D eigenvalue weighted by atomic mass is 10.2. The lowest BCUT2D eigenvalue weighted by Crippen LogP contribution is -2.17. The van der Waals surface area contributed by atoms with E-state index in [2.05, 4.69) is 17.5 Å². The lowest BCUT2D eigenvalue weighted by Gasteiger charge is -1.98. The summed E-state index contributed by atoms with van der Waals surface area (Å²) in [4.78, 5) is 11.5. The average Bonchev–Trinajstić information content (AvgIpc) is 2.30. The van der Waals surface area contributed by atoms with Crippen LogP contribution in [0.4, 0.5) is 0 Å². The molecule has 0 aromatic heterocycles. The van der Waals surface area contributed by atoms with E-state index in [-0.39, 0.29) is 5.91 Å². The highest BCUT2D eigenvalue weighted by Gasteiger charge is 2.00. The number of nitrogens with zero attached hydrogens (tertiary/aromatic N) is 1. The molecule has 0 aliphatic heterocycles. The minimum atomic E-state index is -0.164. The Labute approximate surface area is 90.2 Å². The maximum atomic E-state index is 11.5. The van der Waals surface area contributed by atoms with Crippen molar-refractivity contribution in [3.05, 3.63) is 35.9 Å². The smallest absolute Gasteiger partial charge is 0.267 e. The average molecular weight is 204 g/mol. The molecule has 3 heteroatoms. The summed E-state index contributed by atoms with van der Waals surface area (Å²) in [5, 5.41) is 3.86. The standard InChI is InChI=1S/C12H16N2O/c1-2-3-7-10-13-14-12(15)11-8-5-4-6-9-11/h4-6,8-10H,2-3,7H2,1H3,(H,14,15)/b13-10+. The number of unbranched alkanes of at least 4 members (excludes halogenated alkanes) is 2. The summed E-state index contributed by atoms with van der Waals surface area (Å²) in [5.74, 6) is -0.164. The molecule has 3 nitrogen and oxygen atoms in total. The Bertz CT molecular complexity index is 320. The van der Waals surface area contributed by atoms with Crippen molar-refractivity contribution < 1.29 is 4.79 Å². The van der Waals surface area contributed by atoms with Crippen LogP contribution in [0, 0.1) is 0 Å². The van der Waals surface area contributed by atoms with Crippen LogP contribution in [-0.2, 0) is 0 Å². The van der Waals surface area contributed by atoms with Gasteiger partial charge in [-0.05, 0) is 25.0 Å². The molecule has 0 radical (unpaired) electrons. The Balaban J connectivity index is 2.34. The van der Waals surface area contributed by atoms with Gasteiger partial charge in [0.2, 0.25) is 0 Å². The van der Waals surface area contributed by atoms with Crippen LogP contribution in [-0.4, -0.2) is 12.1 Å². The fourth-order valence-electron chi connectivity index (χ4n) is 1.12. The Morgan fingerprint density at radius 3 is 2.80 bits per heavy atom. The number of hydrogen-bond acceptors (Lipinski definition) is 2. The topological polar surface area (TPSA) is 41.5 Å². The molecule has 0 fully saturated rings. The molecule has 1 aromatic rings. The summed E-state index contributed by atoms with van der Waals surface area (Å²) in [7, 11) is 0. The minimum absolute atomic E-state index is 0.164. The van der Waals surface area contributed by atoms with E-state index in [0.717, 1.165) is 19.3 Å². The van der Waals surface area contributed by atoms with Crippen LogP contribution in [0.25, 0.3) is 0 Å². The zero-order chi connectivity index (χ0) is 10.9. The molecule has 0 saturated heterocycles. The minimum Gasteiger partial charge on any atom is -0.267 e. The second kappa shape index (κ2) is 6.76. The molecule has 80 valence electrons. The van der Waals surface area contributed by atoms with E-state index in [1.165, 1.54) is 0 Å². The molecule has 0 atom stereocenters. The van der Waals surface area contributed by atoms with Gasteiger partial charge in [0, 0.05) is 11.8 Å². The van der Waals surface area contributed by atoms with Gasteiger partial charge in [-0.3, -0.25) is 4.79 Å². The van der Waals surface area contributed by atoms with Crippen LogP contribution in [0.1, 0.15) is 36.5 Å². The zero-order valence-electron chi connectivity index (χ0n) is 8.94. The highest BCUT2D eigenvalue weighted by atomic mass is 16.2. The van der Waals surface area contributed by atoms with Crippen LogP contribution < -0.4 is 5.43 Å². The molecule has 0 saturated carbocycles. The van der Waals surface area contributed by atoms with Gasteiger partial charge in [0.05, 0.1) is 0 Å². The number of carbonyl (C=O) groups excluding carboxylic acids is 1. The van der Waals surface area contributed by atoms with Crippen molar-refractivity contribution >= 4 is 12.1 Å². The Morgan fingerprint density at radius 2 is 2.13 bits per heavy atom. The second-order valence-corrected chi connectivity index (χ2v) is 3.26. The van der Waals surface area contributed by atoms with Gasteiger partial charge in [0.15, 0.2) is 0 Å². The highest BCUT2D eigenvalue weighted by Crippen LogP contribution is 1.97. The maximum Gasteiger partial charge on any atom is 0.271 e. The molecule has 0 unspecified atom stereocenters. The van der Waals surface area contributed by atoms with E-state index >= 15 is 0 Å². The largest absolute Gasteiger partial charge is 0.271 e. The van der Waals surface area contributed by atoms with Crippen molar-refractivity contribution in [2.75, 3.05) is 0 Å². The normalized spacial score (nSPS) is 10.5. The van der Waals surface area contributed by atoms with Gasteiger partial charge in [-0.15, -0.1) is 0 Å². The monoisotopic (exact) mass is 204 g/mol. The second-order valence-electron chi connectivity index (χ2n) is 3.26. The van der Waals surface area contributed by atoms with Gasteiger partial charge in [-0.2, -0.15) is 5.10 Å². The van der Waals surface area contributed by atoms with Gasteiger partial charge >= 0.3 is 0 Å². The molecule has 1 N–H and O–H groups in total. The predicted octanol–water partition coefficient (Wildman–Crippen LogP) is 2.59. The third kappa shape index (κ3) is 4.40. The molecule has 1 amide bonds. The van der Waals surface area contributed by atoms with Gasteiger partial charge in [-0.25, -0.2) is 5.43 Å². The first kappa shape index (κ1) is 11.4. The third-order valence-electron chi connectivity index (χ3n) is 1.98. The SMILES string of the molecule is CCCC/C=N/NC(=O)c1ccccc1. The predicted molar refractivity (Wildman–Crippen MR) is 61.9 cm³/mol. The molecule has 1 rings (SSSR count). The first-order valence-corrected chi connectivity index (χ1v) is 5.21. The van der Waals surface area contributed by atoms with E-state index in [9.17, 15) is 4.79 Å². The number of amides is 1. The fraction of sp³-hybridized carbons (Fsp3) is 0.333. The number of carbonyl (C=O) groups is 1. The van der Waals surface area contributed by atoms with Crippen molar-refractivity contribution in [1.82, 2.24) is 5.43 Å². The van der Waals surface area contributed by atoms with Crippen molar-refractivity contribution in [3.63, 3.8) is 0 Å². The summed E-state index contributed by atoms with van der Waals surface area (Å²) >= 11 is 0.